The highest BCUT2D eigenvalue weighted by Gasteiger charge is 2.15. The van der Waals surface area contributed by atoms with Gasteiger partial charge in [-0.2, -0.15) is 0 Å². The van der Waals surface area contributed by atoms with Crippen LogP contribution in [-0.2, 0) is 15.9 Å². The fourth-order valence-corrected chi connectivity index (χ4v) is 1.45. The molecule has 0 aliphatic carbocycles. The quantitative estimate of drug-likeness (QED) is 0.545. The van der Waals surface area contributed by atoms with E-state index in [-0.39, 0.29) is 11.5 Å². The van der Waals surface area contributed by atoms with E-state index >= 15 is 0 Å². The summed E-state index contributed by atoms with van der Waals surface area (Å²) in [5.74, 6) is -0.0641. The molecule has 2 nitrogen and oxygen atoms in total. The van der Waals surface area contributed by atoms with E-state index < -0.39 is 0 Å². The molecule has 68 valence electrons. The highest BCUT2D eigenvalue weighted by atomic mass is 32.1. The summed E-state index contributed by atoms with van der Waals surface area (Å²) in [6, 6.07) is 5.56. The van der Waals surface area contributed by atoms with E-state index in [1.807, 2.05) is 26.0 Å². The summed E-state index contributed by atoms with van der Waals surface area (Å²) in [5.41, 5.74) is 2.73. The minimum Gasteiger partial charge on any atom is -0.288 e. The minimum atomic E-state index is -0.0822. The van der Waals surface area contributed by atoms with Crippen molar-refractivity contribution < 1.29 is 9.00 Å². The highest BCUT2D eigenvalue weighted by molar-refractivity contribution is 7.66. The lowest BCUT2D eigenvalue weighted by atomic mass is 10.0. The topological polar surface area (TPSA) is 34.1 Å². The summed E-state index contributed by atoms with van der Waals surface area (Å²) in [6.07, 6.45) is 0. The van der Waals surface area contributed by atoms with Gasteiger partial charge in [0, 0.05) is 9.77 Å². The molecule has 1 rings (SSSR count). The SMILES string of the molecule is Cc1cccc(C(=O)C[S+]=O)c1C. The fraction of sp³-hybridized carbons (Fsp3) is 0.300. The second kappa shape index (κ2) is 4.23. The van der Waals surface area contributed by atoms with E-state index in [0.29, 0.717) is 17.2 Å². The smallest absolute Gasteiger partial charge is 0.288 e. The Morgan fingerprint density at radius 3 is 2.69 bits per heavy atom. The van der Waals surface area contributed by atoms with Gasteiger partial charge in [-0.05, 0) is 25.0 Å². The number of carbonyl (C=O) groups excluding carboxylic acids is 1. The number of carbonyl (C=O) groups is 1. The monoisotopic (exact) mass is 195 g/mol. The number of aryl methyl sites for hydroxylation is 1. The van der Waals surface area contributed by atoms with Crippen LogP contribution in [0.5, 0.6) is 0 Å². The van der Waals surface area contributed by atoms with Crippen LogP contribution in [0.4, 0.5) is 0 Å². The molecule has 3 heteroatoms. The molecule has 0 amide bonds. The third kappa shape index (κ3) is 2.18. The first-order valence-corrected chi connectivity index (χ1v) is 4.92. The Labute approximate surface area is 81.5 Å². The Kier molecular flexibility index (Phi) is 3.25. The van der Waals surface area contributed by atoms with Crippen LogP contribution in [0.25, 0.3) is 0 Å². The molecule has 0 saturated carbocycles. The third-order valence-electron chi connectivity index (χ3n) is 2.10. The zero-order chi connectivity index (χ0) is 9.84. The second-order valence-electron chi connectivity index (χ2n) is 2.93. The largest absolute Gasteiger partial charge is 0.467 e. The van der Waals surface area contributed by atoms with Gasteiger partial charge in [0.15, 0.2) is 0 Å². The Morgan fingerprint density at radius 1 is 1.38 bits per heavy atom. The summed E-state index contributed by atoms with van der Waals surface area (Å²) in [4.78, 5) is 11.4. The van der Waals surface area contributed by atoms with Gasteiger partial charge in [0.2, 0.25) is 5.78 Å². The van der Waals surface area contributed by atoms with Gasteiger partial charge in [-0.1, -0.05) is 18.2 Å². The molecule has 0 unspecified atom stereocenters. The van der Waals surface area contributed by atoms with E-state index in [9.17, 15) is 9.00 Å². The average Bonchev–Trinajstić information content (AvgIpc) is 2.10. The molecule has 0 bridgehead atoms. The number of Topliss-reactive ketones (excluding diaryl/α,β-unsaturated/α-hetero) is 1. The zero-order valence-corrected chi connectivity index (χ0v) is 8.48. The normalized spacial score (nSPS) is 9.69. The highest BCUT2D eigenvalue weighted by Crippen LogP contribution is 2.12. The predicted molar refractivity (Wildman–Crippen MR) is 53.2 cm³/mol. The van der Waals surface area contributed by atoms with Gasteiger partial charge in [0.05, 0.1) is 0 Å². The van der Waals surface area contributed by atoms with Crippen molar-refractivity contribution in [1.82, 2.24) is 0 Å². The molecule has 0 aliphatic heterocycles. The van der Waals surface area contributed by atoms with E-state index in [4.69, 9.17) is 0 Å². The zero-order valence-electron chi connectivity index (χ0n) is 7.66. The minimum absolute atomic E-state index is 0.0181. The molecule has 0 radical (unpaired) electrons. The Morgan fingerprint density at radius 2 is 2.08 bits per heavy atom. The molecule has 13 heavy (non-hydrogen) atoms. The van der Waals surface area contributed by atoms with Crippen LogP contribution in [-0.4, -0.2) is 11.5 Å². The van der Waals surface area contributed by atoms with Crippen LogP contribution in [0, 0.1) is 13.8 Å². The first kappa shape index (κ1) is 9.99. The first-order chi connectivity index (χ1) is 6.16. The molecule has 1 aromatic carbocycles. The maximum absolute atomic E-state index is 11.4. The predicted octanol–water partition coefficient (Wildman–Crippen LogP) is 1.91. The molecular formula is C10H11O2S+. The van der Waals surface area contributed by atoms with Crippen molar-refractivity contribution in [2.75, 3.05) is 5.75 Å². The Bertz CT molecular complexity index is 345. The molecule has 0 fully saturated rings. The van der Waals surface area contributed by atoms with E-state index in [0.717, 1.165) is 11.1 Å². The van der Waals surface area contributed by atoms with Crippen LogP contribution >= 0.6 is 0 Å². The van der Waals surface area contributed by atoms with Crippen LogP contribution in [0.15, 0.2) is 18.2 Å². The van der Waals surface area contributed by atoms with Crippen molar-refractivity contribution in [2.45, 2.75) is 13.8 Å². The number of hydrogen-bond donors (Lipinski definition) is 0. The lowest BCUT2D eigenvalue weighted by molar-refractivity contribution is 0.102. The Hall–Kier alpha value is -1.09. The van der Waals surface area contributed by atoms with Crippen LogP contribution in [0.3, 0.4) is 0 Å². The fourth-order valence-electron chi connectivity index (χ4n) is 1.18. The molecule has 0 aliphatic rings. The average molecular weight is 195 g/mol. The molecule has 0 N–H and O–H groups in total. The van der Waals surface area contributed by atoms with Crippen molar-refractivity contribution in [3.05, 3.63) is 34.9 Å². The van der Waals surface area contributed by atoms with Crippen molar-refractivity contribution >= 4 is 17.4 Å². The van der Waals surface area contributed by atoms with Crippen molar-refractivity contribution in [2.24, 2.45) is 0 Å². The second-order valence-corrected chi connectivity index (χ2v) is 3.46. The van der Waals surface area contributed by atoms with Crippen molar-refractivity contribution in [3.63, 3.8) is 0 Å². The van der Waals surface area contributed by atoms with Crippen molar-refractivity contribution in [1.29, 1.82) is 0 Å². The number of hydrogen-bond acceptors (Lipinski definition) is 2. The summed E-state index contributed by atoms with van der Waals surface area (Å²) in [7, 11) is 0. The number of benzene rings is 1. The van der Waals surface area contributed by atoms with Crippen LogP contribution in [0.2, 0.25) is 0 Å². The van der Waals surface area contributed by atoms with Gasteiger partial charge in [0.1, 0.15) is 0 Å². The van der Waals surface area contributed by atoms with E-state index in [1.54, 1.807) is 6.07 Å². The Balaban J connectivity index is 3.07. The van der Waals surface area contributed by atoms with Gasteiger partial charge in [0.25, 0.3) is 5.75 Å². The molecule has 0 saturated heterocycles. The molecule has 0 spiro atoms. The van der Waals surface area contributed by atoms with Gasteiger partial charge in [-0.25, -0.2) is 0 Å². The third-order valence-corrected chi connectivity index (χ3v) is 2.48. The summed E-state index contributed by atoms with van der Waals surface area (Å²) >= 11 is 0.320. The lowest BCUT2D eigenvalue weighted by Crippen LogP contribution is -2.06. The molecular weight excluding hydrogens is 184 g/mol. The molecule has 0 aromatic heterocycles. The summed E-state index contributed by atoms with van der Waals surface area (Å²) in [6.45, 7) is 3.86. The van der Waals surface area contributed by atoms with E-state index in [1.165, 1.54) is 0 Å². The summed E-state index contributed by atoms with van der Waals surface area (Å²) < 4.78 is 10.2. The lowest BCUT2D eigenvalue weighted by Gasteiger charge is -2.03. The molecule has 0 heterocycles. The number of ketones is 1. The molecule has 1 aromatic rings. The number of rotatable bonds is 3. The standard InChI is InChI=1S/C10H11O2S/c1-7-4-3-5-9(8(7)2)10(11)6-13-12/h3-5H,6H2,1-2H3/q+1. The first-order valence-electron chi connectivity index (χ1n) is 4.01. The molecule has 0 atom stereocenters. The van der Waals surface area contributed by atoms with Crippen LogP contribution in [0.1, 0.15) is 21.5 Å². The van der Waals surface area contributed by atoms with Gasteiger partial charge >= 0.3 is 11.7 Å². The summed E-state index contributed by atoms with van der Waals surface area (Å²) in [5, 5.41) is 0. The van der Waals surface area contributed by atoms with Gasteiger partial charge in [-0.3, -0.25) is 4.79 Å². The van der Waals surface area contributed by atoms with Gasteiger partial charge < -0.3 is 0 Å². The van der Waals surface area contributed by atoms with E-state index in [2.05, 4.69) is 0 Å². The maximum atomic E-state index is 11.4. The van der Waals surface area contributed by atoms with Gasteiger partial charge in [-0.15, -0.1) is 0 Å². The maximum Gasteiger partial charge on any atom is 0.467 e. The van der Waals surface area contributed by atoms with Crippen LogP contribution < -0.4 is 0 Å². The van der Waals surface area contributed by atoms with Crippen molar-refractivity contribution in [3.8, 4) is 0 Å².